The van der Waals surface area contributed by atoms with Crippen molar-refractivity contribution in [3.63, 3.8) is 0 Å². The van der Waals surface area contributed by atoms with E-state index in [1.807, 2.05) is 0 Å². The fraction of sp³-hybridized carbons (Fsp3) is 0.333. The van der Waals surface area contributed by atoms with Crippen molar-refractivity contribution in [2.24, 2.45) is 0 Å². The lowest BCUT2D eigenvalue weighted by molar-refractivity contribution is -0.116. The number of aliphatic hydroxyl groups is 1. The summed E-state index contributed by atoms with van der Waals surface area (Å²) in [4.78, 5) is 25.1. The molecule has 17 heavy (non-hydrogen) atoms. The van der Waals surface area contributed by atoms with E-state index in [-0.39, 0.29) is 12.5 Å². The van der Waals surface area contributed by atoms with Crippen LogP contribution in [-0.4, -0.2) is 36.2 Å². The molecule has 0 spiro atoms. The first-order chi connectivity index (χ1) is 8.26. The number of aldehydes is 1. The largest absolute Gasteiger partial charge is 0.396 e. The fourth-order valence-corrected chi connectivity index (χ4v) is 2.75. The highest BCUT2D eigenvalue weighted by atomic mass is 32.2. The number of carbonyl (C=O) groups excluding carboxylic acids is 2. The SMILES string of the molecule is O=Cc1ccc2c(c1)SCC(=O)N2CCCO. The number of benzene rings is 1. The minimum absolute atomic E-state index is 0.0507. The van der Waals surface area contributed by atoms with Crippen molar-refractivity contribution in [2.45, 2.75) is 11.3 Å². The topological polar surface area (TPSA) is 57.6 Å². The number of amides is 1. The maximum absolute atomic E-state index is 11.8. The molecule has 0 fully saturated rings. The summed E-state index contributed by atoms with van der Waals surface area (Å²) in [6.07, 6.45) is 1.36. The van der Waals surface area contributed by atoms with Gasteiger partial charge in [0.15, 0.2) is 0 Å². The van der Waals surface area contributed by atoms with E-state index in [1.54, 1.807) is 23.1 Å². The fourth-order valence-electron chi connectivity index (χ4n) is 1.77. The third kappa shape index (κ3) is 2.50. The molecule has 1 amide bonds. The molecule has 0 saturated carbocycles. The molecule has 0 radical (unpaired) electrons. The summed E-state index contributed by atoms with van der Waals surface area (Å²) in [5, 5.41) is 8.82. The Bertz CT molecular complexity index is 447. The summed E-state index contributed by atoms with van der Waals surface area (Å²) in [6.45, 7) is 0.585. The quantitative estimate of drug-likeness (QED) is 0.820. The van der Waals surface area contributed by atoms with Crippen LogP contribution in [0.5, 0.6) is 0 Å². The zero-order chi connectivity index (χ0) is 12.3. The van der Waals surface area contributed by atoms with Gasteiger partial charge in [-0.05, 0) is 24.6 Å². The highest BCUT2D eigenvalue weighted by molar-refractivity contribution is 8.00. The number of hydrogen-bond donors (Lipinski definition) is 1. The Balaban J connectivity index is 2.31. The maximum atomic E-state index is 11.8. The second-order valence-corrected chi connectivity index (χ2v) is 4.77. The molecule has 5 heteroatoms. The smallest absolute Gasteiger partial charge is 0.237 e. The summed E-state index contributed by atoms with van der Waals surface area (Å²) < 4.78 is 0. The number of hydrogen-bond acceptors (Lipinski definition) is 4. The molecule has 0 aliphatic carbocycles. The average Bonchev–Trinajstić information content (AvgIpc) is 2.37. The molecular weight excluding hydrogens is 238 g/mol. The number of thioether (sulfide) groups is 1. The first-order valence-corrected chi connectivity index (χ1v) is 6.38. The van der Waals surface area contributed by atoms with Gasteiger partial charge in [0.05, 0.1) is 11.4 Å². The molecule has 0 atom stereocenters. The monoisotopic (exact) mass is 251 g/mol. The molecular formula is C12H13NO3S. The predicted octanol–water partition coefficient (Wildman–Crippen LogP) is 1.32. The van der Waals surface area contributed by atoms with Crippen LogP contribution in [-0.2, 0) is 4.79 Å². The Hall–Kier alpha value is -1.33. The van der Waals surface area contributed by atoms with Gasteiger partial charge >= 0.3 is 0 Å². The normalized spacial score (nSPS) is 14.6. The summed E-state index contributed by atoms with van der Waals surface area (Å²) in [7, 11) is 0. The van der Waals surface area contributed by atoms with Gasteiger partial charge in [0.1, 0.15) is 6.29 Å². The van der Waals surface area contributed by atoms with Crippen molar-refractivity contribution in [3.8, 4) is 0 Å². The second kappa shape index (κ2) is 5.33. The van der Waals surface area contributed by atoms with Crippen molar-refractivity contribution < 1.29 is 14.7 Å². The van der Waals surface area contributed by atoms with Crippen LogP contribution in [0.1, 0.15) is 16.8 Å². The van der Waals surface area contributed by atoms with Gasteiger partial charge in [0.2, 0.25) is 5.91 Å². The summed E-state index contributed by atoms with van der Waals surface area (Å²) >= 11 is 1.45. The first-order valence-electron chi connectivity index (χ1n) is 5.39. The summed E-state index contributed by atoms with van der Waals surface area (Å²) in [6, 6.07) is 5.29. The Morgan fingerprint density at radius 3 is 3.00 bits per heavy atom. The van der Waals surface area contributed by atoms with E-state index < -0.39 is 0 Å². The van der Waals surface area contributed by atoms with Gasteiger partial charge in [-0.15, -0.1) is 11.8 Å². The molecule has 90 valence electrons. The van der Waals surface area contributed by atoms with Crippen LogP contribution in [0.25, 0.3) is 0 Å². The van der Waals surface area contributed by atoms with E-state index in [0.29, 0.717) is 24.3 Å². The minimum atomic E-state index is 0.0507. The molecule has 1 N–H and O–H groups in total. The van der Waals surface area contributed by atoms with Crippen LogP contribution in [0, 0.1) is 0 Å². The zero-order valence-electron chi connectivity index (χ0n) is 9.26. The molecule has 2 rings (SSSR count). The molecule has 0 saturated heterocycles. The molecule has 1 aromatic carbocycles. The molecule has 4 nitrogen and oxygen atoms in total. The van der Waals surface area contributed by atoms with Crippen molar-refractivity contribution >= 4 is 29.6 Å². The Kier molecular flexibility index (Phi) is 3.81. The number of nitrogens with zero attached hydrogens (tertiary/aromatic N) is 1. The van der Waals surface area contributed by atoms with E-state index >= 15 is 0 Å². The molecule has 1 aliphatic heterocycles. The first kappa shape index (κ1) is 12.1. The molecule has 1 heterocycles. The van der Waals surface area contributed by atoms with E-state index in [9.17, 15) is 9.59 Å². The van der Waals surface area contributed by atoms with Crippen molar-refractivity contribution in [1.82, 2.24) is 0 Å². The minimum Gasteiger partial charge on any atom is -0.396 e. The number of aliphatic hydroxyl groups excluding tert-OH is 1. The van der Waals surface area contributed by atoms with E-state index in [0.717, 1.165) is 16.9 Å². The number of carbonyl (C=O) groups is 2. The maximum Gasteiger partial charge on any atom is 0.237 e. The van der Waals surface area contributed by atoms with Crippen LogP contribution in [0.2, 0.25) is 0 Å². The second-order valence-electron chi connectivity index (χ2n) is 3.76. The summed E-state index contributed by atoms with van der Waals surface area (Å²) in [5.41, 5.74) is 1.46. The number of rotatable bonds is 4. The molecule has 0 bridgehead atoms. The highest BCUT2D eigenvalue weighted by Crippen LogP contribution is 2.35. The van der Waals surface area contributed by atoms with E-state index in [1.165, 1.54) is 11.8 Å². The van der Waals surface area contributed by atoms with Crippen molar-refractivity contribution in [2.75, 3.05) is 23.8 Å². The lowest BCUT2D eigenvalue weighted by Gasteiger charge is -2.28. The summed E-state index contributed by atoms with van der Waals surface area (Å²) in [5.74, 6) is 0.440. The average molecular weight is 251 g/mol. The Morgan fingerprint density at radius 2 is 2.29 bits per heavy atom. The third-order valence-electron chi connectivity index (χ3n) is 2.60. The lowest BCUT2D eigenvalue weighted by atomic mass is 10.2. The zero-order valence-corrected chi connectivity index (χ0v) is 10.1. The van der Waals surface area contributed by atoms with Crippen LogP contribution in [0.3, 0.4) is 0 Å². The van der Waals surface area contributed by atoms with Crippen molar-refractivity contribution in [1.29, 1.82) is 0 Å². The van der Waals surface area contributed by atoms with Gasteiger partial charge in [-0.2, -0.15) is 0 Å². The molecule has 1 aliphatic rings. The van der Waals surface area contributed by atoms with Gasteiger partial charge in [-0.3, -0.25) is 9.59 Å². The van der Waals surface area contributed by atoms with E-state index in [2.05, 4.69) is 0 Å². The predicted molar refractivity (Wildman–Crippen MR) is 66.6 cm³/mol. The van der Waals surface area contributed by atoms with Gasteiger partial charge in [-0.1, -0.05) is 0 Å². The van der Waals surface area contributed by atoms with Crippen LogP contribution >= 0.6 is 11.8 Å². The Morgan fingerprint density at radius 1 is 1.47 bits per heavy atom. The highest BCUT2D eigenvalue weighted by Gasteiger charge is 2.24. The van der Waals surface area contributed by atoms with E-state index in [4.69, 9.17) is 5.11 Å². The van der Waals surface area contributed by atoms with Gasteiger partial charge < -0.3 is 10.0 Å². The van der Waals surface area contributed by atoms with Crippen LogP contribution < -0.4 is 4.90 Å². The lowest BCUT2D eigenvalue weighted by Crippen LogP contribution is -2.36. The standard InChI is InChI=1S/C12H13NO3S/c14-5-1-4-13-10-3-2-9(7-15)6-11(10)17-8-12(13)16/h2-3,6-7,14H,1,4-5,8H2. The third-order valence-corrected chi connectivity index (χ3v) is 3.63. The van der Waals surface area contributed by atoms with Crippen molar-refractivity contribution in [3.05, 3.63) is 23.8 Å². The van der Waals surface area contributed by atoms with Gasteiger partial charge in [-0.25, -0.2) is 0 Å². The van der Waals surface area contributed by atoms with Gasteiger partial charge in [0.25, 0.3) is 0 Å². The van der Waals surface area contributed by atoms with Crippen LogP contribution in [0.4, 0.5) is 5.69 Å². The molecule has 0 aromatic heterocycles. The van der Waals surface area contributed by atoms with Crippen LogP contribution in [0.15, 0.2) is 23.1 Å². The molecule has 0 unspecified atom stereocenters. The number of anilines is 1. The number of fused-ring (bicyclic) bond motifs is 1. The molecule has 1 aromatic rings. The Labute approximate surface area is 104 Å². The van der Waals surface area contributed by atoms with Gasteiger partial charge in [0, 0.05) is 23.6 Å².